The molecule has 2 atom stereocenters. The Morgan fingerprint density at radius 3 is 2.89 bits per heavy atom. The Morgan fingerprint density at radius 2 is 2.05 bits per heavy atom. The van der Waals surface area contributed by atoms with E-state index in [1.807, 2.05) is 0 Å². The summed E-state index contributed by atoms with van der Waals surface area (Å²) in [4.78, 5) is 0. The molecular formula is C17H21NO. The van der Waals surface area contributed by atoms with Gasteiger partial charge in [0.15, 0.2) is 0 Å². The third kappa shape index (κ3) is 2.33. The third-order valence-electron chi connectivity index (χ3n) is 3.81. The lowest BCUT2D eigenvalue weighted by Gasteiger charge is -2.32. The van der Waals surface area contributed by atoms with Crippen LogP contribution in [0.1, 0.15) is 38.3 Å². The summed E-state index contributed by atoms with van der Waals surface area (Å²) in [5, 5.41) is 6.13. The summed E-state index contributed by atoms with van der Waals surface area (Å²) >= 11 is 0. The summed E-state index contributed by atoms with van der Waals surface area (Å²) in [5.41, 5.74) is 1.31. The van der Waals surface area contributed by atoms with Gasteiger partial charge in [-0.15, -0.1) is 0 Å². The van der Waals surface area contributed by atoms with Gasteiger partial charge >= 0.3 is 0 Å². The molecule has 0 spiro atoms. The maximum Gasteiger partial charge on any atom is 0.132 e. The Balaban J connectivity index is 2.07. The van der Waals surface area contributed by atoms with Crippen LogP contribution in [0.25, 0.3) is 10.8 Å². The summed E-state index contributed by atoms with van der Waals surface area (Å²) in [6.45, 7) is 5.42. The van der Waals surface area contributed by atoms with Gasteiger partial charge in [-0.05, 0) is 25.3 Å². The van der Waals surface area contributed by atoms with E-state index in [0.717, 1.165) is 25.1 Å². The molecule has 3 rings (SSSR count). The van der Waals surface area contributed by atoms with Crippen LogP contribution >= 0.6 is 0 Å². The number of hydrogen-bond donors (Lipinski definition) is 1. The van der Waals surface area contributed by atoms with Crippen LogP contribution in [0.15, 0.2) is 36.4 Å². The molecule has 0 amide bonds. The second kappa shape index (κ2) is 5.22. The van der Waals surface area contributed by atoms with Gasteiger partial charge in [-0.25, -0.2) is 0 Å². The molecule has 0 radical (unpaired) electrons. The van der Waals surface area contributed by atoms with Gasteiger partial charge in [0.1, 0.15) is 5.75 Å². The van der Waals surface area contributed by atoms with Crippen molar-refractivity contribution in [2.75, 3.05) is 6.54 Å². The predicted octanol–water partition coefficient (Wildman–Crippen LogP) is 4.05. The Hall–Kier alpha value is -1.54. The quantitative estimate of drug-likeness (QED) is 0.893. The van der Waals surface area contributed by atoms with Crippen LogP contribution in [-0.2, 0) is 0 Å². The normalized spacial score (nSPS) is 22.0. The minimum atomic E-state index is 0.271. The average Bonchev–Trinajstić information content (AvgIpc) is 2.44. The van der Waals surface area contributed by atoms with E-state index in [2.05, 4.69) is 55.6 Å². The van der Waals surface area contributed by atoms with Gasteiger partial charge in [-0.1, -0.05) is 43.3 Å². The molecule has 1 N–H and O–H groups in total. The van der Waals surface area contributed by atoms with Crippen molar-refractivity contribution in [1.29, 1.82) is 0 Å². The molecule has 2 heteroatoms. The Kier molecular flexibility index (Phi) is 3.43. The van der Waals surface area contributed by atoms with Crippen molar-refractivity contribution in [3.8, 4) is 5.75 Å². The summed E-state index contributed by atoms with van der Waals surface area (Å²) in [6.07, 6.45) is 2.48. The van der Waals surface area contributed by atoms with Gasteiger partial charge in [0.2, 0.25) is 0 Å². The largest absolute Gasteiger partial charge is 0.490 e. The Labute approximate surface area is 114 Å². The highest BCUT2D eigenvalue weighted by atomic mass is 16.5. The number of hydrogen-bond acceptors (Lipinski definition) is 2. The molecule has 1 heterocycles. The van der Waals surface area contributed by atoms with E-state index < -0.39 is 0 Å². The van der Waals surface area contributed by atoms with Crippen molar-refractivity contribution in [2.45, 2.75) is 38.8 Å². The topological polar surface area (TPSA) is 21.3 Å². The van der Waals surface area contributed by atoms with E-state index in [9.17, 15) is 0 Å². The molecule has 0 fully saturated rings. The first-order valence-electron chi connectivity index (χ1n) is 7.21. The second-order valence-corrected chi connectivity index (χ2v) is 5.38. The van der Waals surface area contributed by atoms with Crippen LogP contribution < -0.4 is 10.1 Å². The standard InChI is InChI=1S/C17H21NO/c1-3-10-18-16-11-12(2)19-17-14-7-5-4-6-13(14)8-9-15(16)17/h4-9,12,16,18H,3,10-11H2,1-2H3. The van der Waals surface area contributed by atoms with Crippen LogP contribution in [0.5, 0.6) is 5.75 Å². The van der Waals surface area contributed by atoms with Gasteiger partial charge < -0.3 is 10.1 Å². The van der Waals surface area contributed by atoms with E-state index in [-0.39, 0.29) is 6.10 Å². The smallest absolute Gasteiger partial charge is 0.132 e. The lowest BCUT2D eigenvalue weighted by atomic mass is 9.93. The van der Waals surface area contributed by atoms with Crippen LogP contribution in [0.2, 0.25) is 0 Å². The molecule has 2 aromatic carbocycles. The molecule has 0 saturated heterocycles. The third-order valence-corrected chi connectivity index (χ3v) is 3.81. The van der Waals surface area contributed by atoms with Crippen molar-refractivity contribution in [1.82, 2.24) is 5.32 Å². The molecule has 1 aliphatic heterocycles. The molecule has 0 bridgehead atoms. The zero-order valence-electron chi connectivity index (χ0n) is 11.6. The first-order chi connectivity index (χ1) is 9.29. The number of ether oxygens (including phenoxy) is 1. The van der Waals surface area contributed by atoms with Crippen molar-refractivity contribution in [3.05, 3.63) is 42.0 Å². The van der Waals surface area contributed by atoms with Gasteiger partial charge in [-0.2, -0.15) is 0 Å². The highest BCUT2D eigenvalue weighted by Gasteiger charge is 2.26. The van der Waals surface area contributed by atoms with E-state index in [0.29, 0.717) is 6.04 Å². The van der Waals surface area contributed by atoms with Crippen LogP contribution in [0.4, 0.5) is 0 Å². The van der Waals surface area contributed by atoms with Crippen molar-refractivity contribution < 1.29 is 4.74 Å². The molecule has 0 aliphatic carbocycles. The summed E-state index contributed by atoms with van der Waals surface area (Å²) in [6, 6.07) is 13.3. The lowest BCUT2D eigenvalue weighted by Crippen LogP contribution is -2.31. The predicted molar refractivity (Wildman–Crippen MR) is 79.7 cm³/mol. The Morgan fingerprint density at radius 1 is 1.21 bits per heavy atom. The minimum Gasteiger partial charge on any atom is -0.490 e. The fourth-order valence-electron chi connectivity index (χ4n) is 2.89. The fraction of sp³-hybridized carbons (Fsp3) is 0.412. The molecule has 1 aliphatic rings. The maximum atomic E-state index is 6.12. The number of fused-ring (bicyclic) bond motifs is 3. The van der Waals surface area contributed by atoms with Crippen LogP contribution in [0, 0.1) is 0 Å². The first kappa shape index (κ1) is 12.5. The molecular weight excluding hydrogens is 234 g/mol. The zero-order chi connectivity index (χ0) is 13.2. The van der Waals surface area contributed by atoms with Crippen molar-refractivity contribution >= 4 is 10.8 Å². The molecule has 0 saturated carbocycles. The van der Waals surface area contributed by atoms with Gasteiger partial charge in [0.05, 0.1) is 6.10 Å². The van der Waals surface area contributed by atoms with E-state index in [1.165, 1.54) is 16.3 Å². The highest BCUT2D eigenvalue weighted by Crippen LogP contribution is 2.39. The number of rotatable bonds is 3. The second-order valence-electron chi connectivity index (χ2n) is 5.38. The molecule has 2 nitrogen and oxygen atoms in total. The van der Waals surface area contributed by atoms with Crippen molar-refractivity contribution in [2.24, 2.45) is 0 Å². The summed E-state index contributed by atoms with van der Waals surface area (Å²) in [5.74, 6) is 1.07. The summed E-state index contributed by atoms with van der Waals surface area (Å²) < 4.78 is 6.12. The zero-order valence-corrected chi connectivity index (χ0v) is 11.6. The first-order valence-corrected chi connectivity index (χ1v) is 7.21. The van der Waals surface area contributed by atoms with E-state index >= 15 is 0 Å². The van der Waals surface area contributed by atoms with Gasteiger partial charge in [0.25, 0.3) is 0 Å². The number of benzene rings is 2. The lowest BCUT2D eigenvalue weighted by molar-refractivity contribution is 0.169. The highest BCUT2D eigenvalue weighted by molar-refractivity contribution is 5.90. The molecule has 19 heavy (non-hydrogen) atoms. The molecule has 2 unspecified atom stereocenters. The maximum absolute atomic E-state index is 6.12. The summed E-state index contributed by atoms with van der Waals surface area (Å²) in [7, 11) is 0. The van der Waals surface area contributed by atoms with Crippen molar-refractivity contribution in [3.63, 3.8) is 0 Å². The molecule has 0 aromatic heterocycles. The molecule has 100 valence electrons. The SMILES string of the molecule is CCCNC1CC(C)Oc2c1ccc1ccccc21. The Bertz CT molecular complexity index is 578. The minimum absolute atomic E-state index is 0.271. The van der Waals surface area contributed by atoms with E-state index in [4.69, 9.17) is 4.74 Å². The molecule has 2 aromatic rings. The van der Waals surface area contributed by atoms with Gasteiger partial charge in [0, 0.05) is 23.4 Å². The monoisotopic (exact) mass is 255 g/mol. The van der Waals surface area contributed by atoms with Crippen LogP contribution in [-0.4, -0.2) is 12.6 Å². The van der Waals surface area contributed by atoms with Crippen LogP contribution in [0.3, 0.4) is 0 Å². The fourth-order valence-corrected chi connectivity index (χ4v) is 2.89. The average molecular weight is 255 g/mol. The van der Waals surface area contributed by atoms with E-state index in [1.54, 1.807) is 0 Å². The number of nitrogens with one attached hydrogen (secondary N) is 1. The van der Waals surface area contributed by atoms with Gasteiger partial charge in [-0.3, -0.25) is 0 Å².